The highest BCUT2D eigenvalue weighted by atomic mass is 28.4. The maximum atomic E-state index is 11.6. The van der Waals surface area contributed by atoms with Crippen LogP contribution in [-0.2, 0) is 9.22 Å². The molecule has 0 unspecified atom stereocenters. The van der Waals surface area contributed by atoms with E-state index in [1.807, 2.05) is 0 Å². The van der Waals surface area contributed by atoms with Crippen molar-refractivity contribution < 1.29 is 9.22 Å². The third kappa shape index (κ3) is 2.25. The Hall–Kier alpha value is -0.413. The molecule has 2 nitrogen and oxygen atoms in total. The topological polar surface area (TPSA) is 26.3 Å². The number of aldehydes is 1. The second-order valence-electron chi connectivity index (χ2n) is 7.95. The molecule has 0 aromatic rings. The van der Waals surface area contributed by atoms with E-state index in [-0.39, 0.29) is 15.9 Å². The zero-order valence-corrected chi connectivity index (χ0v) is 14.1. The quantitative estimate of drug-likeness (QED) is 0.435. The maximum absolute atomic E-state index is 11.6. The first-order valence-corrected chi connectivity index (χ1v) is 10.4. The van der Waals surface area contributed by atoms with Crippen molar-refractivity contribution in [2.45, 2.75) is 64.6 Å². The van der Waals surface area contributed by atoms with Gasteiger partial charge in [0.25, 0.3) is 0 Å². The molecule has 0 aromatic carbocycles. The molecule has 0 heterocycles. The molecule has 1 saturated carbocycles. The highest BCUT2D eigenvalue weighted by molar-refractivity contribution is 6.74. The minimum atomic E-state index is -1.73. The highest BCUT2D eigenvalue weighted by Gasteiger charge is 2.56. The van der Waals surface area contributed by atoms with Gasteiger partial charge in [-0.2, -0.15) is 0 Å². The summed E-state index contributed by atoms with van der Waals surface area (Å²) in [6, 6.07) is 0. The molecule has 0 aliphatic heterocycles. The van der Waals surface area contributed by atoms with Crippen molar-refractivity contribution in [2.24, 2.45) is 10.8 Å². The molecule has 2 rings (SSSR count). The molecule has 0 radical (unpaired) electrons. The number of fused-ring (bicyclic) bond motifs is 1. The van der Waals surface area contributed by atoms with Gasteiger partial charge in [-0.15, -0.1) is 0 Å². The van der Waals surface area contributed by atoms with E-state index in [0.717, 1.165) is 32.3 Å². The molecule has 0 aromatic heterocycles. The predicted octanol–water partition coefficient (Wildman–Crippen LogP) is 4.32. The largest absolute Gasteiger partial charge is 0.416 e. The summed E-state index contributed by atoms with van der Waals surface area (Å²) >= 11 is 0. The lowest BCUT2D eigenvalue weighted by molar-refractivity contribution is -0.119. The SMILES string of the molecule is CC(C)(C)[Si](C)(C)OC[C@]12CC=C[C@@]1(C=O)CCC2. The van der Waals surface area contributed by atoms with Gasteiger partial charge in [-0.3, -0.25) is 0 Å². The Morgan fingerprint density at radius 1 is 1.32 bits per heavy atom. The van der Waals surface area contributed by atoms with Crippen molar-refractivity contribution in [3.05, 3.63) is 12.2 Å². The van der Waals surface area contributed by atoms with Gasteiger partial charge in [-0.25, -0.2) is 0 Å². The molecule has 0 spiro atoms. The van der Waals surface area contributed by atoms with Gasteiger partial charge in [-0.1, -0.05) is 39.3 Å². The summed E-state index contributed by atoms with van der Waals surface area (Å²) in [7, 11) is -1.73. The molecule has 0 amide bonds. The van der Waals surface area contributed by atoms with Crippen LogP contribution in [0, 0.1) is 10.8 Å². The molecule has 108 valence electrons. The van der Waals surface area contributed by atoms with E-state index in [1.165, 1.54) is 6.29 Å². The third-order valence-electron chi connectivity index (χ3n) is 5.88. The van der Waals surface area contributed by atoms with E-state index in [2.05, 4.69) is 46.0 Å². The van der Waals surface area contributed by atoms with Gasteiger partial charge in [-0.05, 0) is 37.4 Å². The van der Waals surface area contributed by atoms with Crippen LogP contribution < -0.4 is 0 Å². The molecule has 2 aliphatic carbocycles. The summed E-state index contributed by atoms with van der Waals surface area (Å²) in [5, 5.41) is 0.234. The van der Waals surface area contributed by atoms with E-state index in [4.69, 9.17) is 4.43 Å². The predicted molar refractivity (Wildman–Crippen MR) is 81.7 cm³/mol. The Morgan fingerprint density at radius 2 is 2.00 bits per heavy atom. The molecule has 3 heteroatoms. The fourth-order valence-corrected chi connectivity index (χ4v) is 4.36. The lowest BCUT2D eigenvalue weighted by Gasteiger charge is -2.42. The standard InChI is InChI=1S/C16H28O2Si/c1-14(2,3)19(4,5)18-13-16-10-6-8-15(16,12-17)9-7-11-16/h6,8,12H,7,9-11,13H2,1-5H3/t15-,16+/m0/s1. The summed E-state index contributed by atoms with van der Waals surface area (Å²) in [6.45, 7) is 12.2. The third-order valence-corrected chi connectivity index (χ3v) is 10.4. The van der Waals surface area contributed by atoms with Gasteiger partial charge in [0.2, 0.25) is 0 Å². The first-order valence-electron chi connectivity index (χ1n) is 7.46. The van der Waals surface area contributed by atoms with Crippen LogP contribution in [0.5, 0.6) is 0 Å². The smallest absolute Gasteiger partial charge is 0.192 e. The van der Waals surface area contributed by atoms with Gasteiger partial charge < -0.3 is 9.22 Å². The maximum Gasteiger partial charge on any atom is 0.192 e. The Bertz CT molecular complexity index is 394. The molecule has 1 fully saturated rings. The van der Waals surface area contributed by atoms with E-state index in [1.54, 1.807) is 0 Å². The van der Waals surface area contributed by atoms with Crippen LogP contribution in [0.3, 0.4) is 0 Å². The number of carbonyl (C=O) groups is 1. The molecule has 0 N–H and O–H groups in total. The van der Waals surface area contributed by atoms with Crippen molar-refractivity contribution in [2.75, 3.05) is 6.61 Å². The first kappa shape index (κ1) is 15.0. The number of rotatable bonds is 4. The Labute approximate surface area is 118 Å². The van der Waals surface area contributed by atoms with Crippen LogP contribution in [0.1, 0.15) is 46.5 Å². The van der Waals surface area contributed by atoms with Crippen LogP contribution in [0.25, 0.3) is 0 Å². The van der Waals surface area contributed by atoms with Crippen LogP contribution >= 0.6 is 0 Å². The molecule has 0 bridgehead atoms. The van der Waals surface area contributed by atoms with E-state index in [0.29, 0.717) is 0 Å². The van der Waals surface area contributed by atoms with Gasteiger partial charge in [0.1, 0.15) is 6.29 Å². The average Bonchev–Trinajstić information content (AvgIpc) is 2.79. The average molecular weight is 280 g/mol. The van der Waals surface area contributed by atoms with Gasteiger partial charge >= 0.3 is 0 Å². The Morgan fingerprint density at radius 3 is 2.58 bits per heavy atom. The van der Waals surface area contributed by atoms with Crippen molar-refractivity contribution in [1.82, 2.24) is 0 Å². The van der Waals surface area contributed by atoms with E-state index < -0.39 is 8.32 Å². The highest BCUT2D eigenvalue weighted by Crippen LogP contribution is 2.59. The summed E-state index contributed by atoms with van der Waals surface area (Å²) < 4.78 is 6.45. The minimum absolute atomic E-state index is 0.0598. The zero-order chi connectivity index (χ0) is 14.4. The molecular formula is C16H28O2Si. The number of hydrogen-bond donors (Lipinski definition) is 0. The molecule has 2 aliphatic rings. The Balaban J connectivity index is 2.13. The summed E-state index contributed by atoms with van der Waals surface area (Å²) in [4.78, 5) is 11.6. The summed E-state index contributed by atoms with van der Waals surface area (Å²) in [5.74, 6) is 0. The van der Waals surface area contributed by atoms with Gasteiger partial charge in [0.15, 0.2) is 8.32 Å². The number of hydrogen-bond acceptors (Lipinski definition) is 2. The van der Waals surface area contributed by atoms with Crippen LogP contribution in [0.15, 0.2) is 12.2 Å². The molecular weight excluding hydrogens is 252 g/mol. The molecule has 19 heavy (non-hydrogen) atoms. The summed E-state index contributed by atoms with van der Waals surface area (Å²) in [6.07, 6.45) is 9.86. The lowest BCUT2D eigenvalue weighted by atomic mass is 9.69. The van der Waals surface area contributed by atoms with Crippen LogP contribution in [0.2, 0.25) is 18.1 Å². The number of carbonyl (C=O) groups excluding carboxylic acids is 1. The van der Waals surface area contributed by atoms with Crippen molar-refractivity contribution >= 4 is 14.6 Å². The van der Waals surface area contributed by atoms with E-state index in [9.17, 15) is 4.79 Å². The summed E-state index contributed by atoms with van der Waals surface area (Å²) in [5.41, 5.74) is -0.167. The second-order valence-corrected chi connectivity index (χ2v) is 12.8. The van der Waals surface area contributed by atoms with Crippen molar-refractivity contribution in [3.63, 3.8) is 0 Å². The fraction of sp³-hybridized carbons (Fsp3) is 0.812. The number of allylic oxidation sites excluding steroid dienone is 2. The Kier molecular flexibility index (Phi) is 3.59. The van der Waals surface area contributed by atoms with Gasteiger partial charge in [0.05, 0.1) is 5.41 Å². The molecule has 2 atom stereocenters. The van der Waals surface area contributed by atoms with Crippen LogP contribution in [0.4, 0.5) is 0 Å². The van der Waals surface area contributed by atoms with Gasteiger partial charge in [0, 0.05) is 12.0 Å². The lowest BCUT2D eigenvalue weighted by Crippen LogP contribution is -2.46. The van der Waals surface area contributed by atoms with Crippen molar-refractivity contribution in [1.29, 1.82) is 0 Å². The normalized spacial score (nSPS) is 34.6. The molecule has 0 saturated heterocycles. The second kappa shape index (κ2) is 4.56. The first-order chi connectivity index (χ1) is 8.68. The van der Waals surface area contributed by atoms with Crippen molar-refractivity contribution in [3.8, 4) is 0 Å². The fourth-order valence-electron chi connectivity index (χ4n) is 3.29. The van der Waals surface area contributed by atoms with E-state index >= 15 is 0 Å². The van der Waals surface area contributed by atoms with Crippen LogP contribution in [-0.4, -0.2) is 21.2 Å². The zero-order valence-electron chi connectivity index (χ0n) is 13.1. The minimum Gasteiger partial charge on any atom is -0.416 e. The monoisotopic (exact) mass is 280 g/mol.